The molecule has 1 saturated heterocycles. The van der Waals surface area contributed by atoms with Gasteiger partial charge < -0.3 is 10.2 Å². The highest BCUT2D eigenvalue weighted by Crippen LogP contribution is 2.41. The summed E-state index contributed by atoms with van der Waals surface area (Å²) in [5.41, 5.74) is 3.17. The third kappa shape index (κ3) is 4.33. The predicted molar refractivity (Wildman–Crippen MR) is 120 cm³/mol. The van der Waals surface area contributed by atoms with E-state index in [4.69, 9.17) is 5.26 Å². The first-order valence-corrected chi connectivity index (χ1v) is 11.1. The van der Waals surface area contributed by atoms with Gasteiger partial charge in [-0.3, -0.25) is 9.48 Å². The number of anilines is 2. The number of aromatic nitrogens is 4. The largest absolute Gasteiger partial charge is 0.339 e. The van der Waals surface area contributed by atoms with E-state index >= 15 is 0 Å². The van der Waals surface area contributed by atoms with Crippen LogP contribution in [0.3, 0.4) is 0 Å². The lowest BCUT2D eigenvalue weighted by atomic mass is 10.1. The summed E-state index contributed by atoms with van der Waals surface area (Å²) in [5, 5.41) is 16.8. The van der Waals surface area contributed by atoms with Crippen LogP contribution in [0.15, 0.2) is 48.9 Å². The van der Waals surface area contributed by atoms with Gasteiger partial charge in [0.05, 0.1) is 30.4 Å². The average molecular weight is 428 g/mol. The molecule has 1 unspecified atom stereocenters. The fraction of sp³-hybridized carbons (Fsp3) is 0.375. The number of nitrogens with zero attached hydrogens (tertiary/aromatic N) is 6. The SMILES string of the molecule is N#CCC(C1CC1)n1cc(-c2ccnc(Nc3ccc(C(=O)N4CCCC4)cc3)n2)cn1. The summed E-state index contributed by atoms with van der Waals surface area (Å²) in [6.07, 6.45) is 10.4. The van der Waals surface area contributed by atoms with Crippen molar-refractivity contribution in [3.63, 3.8) is 0 Å². The van der Waals surface area contributed by atoms with Crippen molar-refractivity contribution in [2.75, 3.05) is 18.4 Å². The van der Waals surface area contributed by atoms with Gasteiger partial charge in [0.15, 0.2) is 0 Å². The molecular formula is C24H25N7O. The number of likely N-dealkylation sites (tertiary alicyclic amines) is 1. The van der Waals surface area contributed by atoms with Crippen molar-refractivity contribution in [2.24, 2.45) is 5.92 Å². The fourth-order valence-corrected chi connectivity index (χ4v) is 4.21. The number of carbonyl (C=O) groups is 1. The smallest absolute Gasteiger partial charge is 0.253 e. The van der Waals surface area contributed by atoms with E-state index in [9.17, 15) is 4.79 Å². The normalized spacial score (nSPS) is 16.5. The van der Waals surface area contributed by atoms with Gasteiger partial charge in [-0.05, 0) is 61.9 Å². The lowest BCUT2D eigenvalue weighted by Crippen LogP contribution is -2.27. The first kappa shape index (κ1) is 20.2. The molecule has 0 bridgehead atoms. The number of hydrogen-bond donors (Lipinski definition) is 1. The van der Waals surface area contributed by atoms with Gasteiger partial charge in [0, 0.05) is 42.3 Å². The Hall–Kier alpha value is -3.73. The van der Waals surface area contributed by atoms with Crippen LogP contribution in [0, 0.1) is 17.2 Å². The number of benzene rings is 1. The fourth-order valence-electron chi connectivity index (χ4n) is 4.21. The van der Waals surface area contributed by atoms with Crippen LogP contribution in [-0.2, 0) is 0 Å². The molecule has 3 heterocycles. The zero-order valence-corrected chi connectivity index (χ0v) is 17.8. The van der Waals surface area contributed by atoms with Gasteiger partial charge in [0.2, 0.25) is 5.95 Å². The highest BCUT2D eigenvalue weighted by molar-refractivity contribution is 5.94. The Labute approximate surface area is 186 Å². The number of carbonyl (C=O) groups excluding carboxylic acids is 1. The minimum Gasteiger partial charge on any atom is -0.339 e. The molecule has 3 aromatic rings. The van der Waals surface area contributed by atoms with Crippen LogP contribution in [0.25, 0.3) is 11.3 Å². The molecule has 1 aliphatic carbocycles. The van der Waals surface area contributed by atoms with E-state index in [-0.39, 0.29) is 11.9 Å². The second-order valence-corrected chi connectivity index (χ2v) is 8.44. The quantitative estimate of drug-likeness (QED) is 0.607. The molecule has 162 valence electrons. The van der Waals surface area contributed by atoms with Gasteiger partial charge in [0.25, 0.3) is 5.91 Å². The van der Waals surface area contributed by atoms with Crippen LogP contribution in [0.5, 0.6) is 0 Å². The van der Waals surface area contributed by atoms with Crippen molar-refractivity contribution in [2.45, 2.75) is 38.1 Å². The third-order valence-electron chi connectivity index (χ3n) is 6.14. The Morgan fingerprint density at radius 3 is 2.69 bits per heavy atom. The van der Waals surface area contributed by atoms with E-state index in [0.717, 1.165) is 55.7 Å². The van der Waals surface area contributed by atoms with Crippen LogP contribution in [0.1, 0.15) is 48.5 Å². The van der Waals surface area contributed by atoms with E-state index in [2.05, 4.69) is 26.5 Å². The molecule has 1 aromatic carbocycles. The summed E-state index contributed by atoms with van der Waals surface area (Å²) in [7, 11) is 0. The van der Waals surface area contributed by atoms with Crippen LogP contribution >= 0.6 is 0 Å². The molecule has 5 rings (SSSR count). The summed E-state index contributed by atoms with van der Waals surface area (Å²) in [5.74, 6) is 1.11. The predicted octanol–water partition coefficient (Wildman–Crippen LogP) is 4.18. The number of nitrogens with one attached hydrogen (secondary N) is 1. The molecule has 1 N–H and O–H groups in total. The van der Waals surface area contributed by atoms with Crippen molar-refractivity contribution in [1.29, 1.82) is 5.26 Å². The van der Waals surface area contributed by atoms with Crippen LogP contribution < -0.4 is 5.32 Å². The topological polar surface area (TPSA) is 99.7 Å². The zero-order valence-electron chi connectivity index (χ0n) is 17.8. The molecule has 2 fully saturated rings. The molecule has 0 radical (unpaired) electrons. The Morgan fingerprint density at radius 2 is 1.97 bits per heavy atom. The number of rotatable bonds is 7. The summed E-state index contributed by atoms with van der Waals surface area (Å²) in [6.45, 7) is 1.68. The lowest BCUT2D eigenvalue weighted by molar-refractivity contribution is 0.0793. The van der Waals surface area contributed by atoms with Crippen molar-refractivity contribution in [3.05, 3.63) is 54.5 Å². The maximum absolute atomic E-state index is 12.5. The minimum absolute atomic E-state index is 0.0882. The second kappa shape index (κ2) is 8.79. The molecule has 32 heavy (non-hydrogen) atoms. The summed E-state index contributed by atoms with van der Waals surface area (Å²) >= 11 is 0. The Balaban J connectivity index is 1.28. The standard InChI is InChI=1S/C24H25N7O/c25-11-9-22(17-3-4-17)31-16-19(15-27-31)21-10-12-26-24(29-21)28-20-7-5-18(6-8-20)23(32)30-13-1-2-14-30/h5-8,10,12,15-17,22H,1-4,9,13-14H2,(H,26,28,29). The molecule has 2 aliphatic rings. The molecule has 2 aromatic heterocycles. The van der Waals surface area contributed by atoms with Gasteiger partial charge in [0.1, 0.15) is 0 Å². The third-order valence-corrected chi connectivity index (χ3v) is 6.14. The van der Waals surface area contributed by atoms with Gasteiger partial charge >= 0.3 is 0 Å². The van der Waals surface area contributed by atoms with E-state index in [1.165, 1.54) is 0 Å². The van der Waals surface area contributed by atoms with E-state index in [1.807, 2.05) is 46.1 Å². The van der Waals surface area contributed by atoms with Gasteiger partial charge in [-0.1, -0.05) is 0 Å². The molecule has 1 saturated carbocycles. The lowest BCUT2D eigenvalue weighted by Gasteiger charge is -2.15. The highest BCUT2D eigenvalue weighted by atomic mass is 16.2. The molecule has 1 amide bonds. The minimum atomic E-state index is 0.0882. The monoisotopic (exact) mass is 427 g/mol. The van der Waals surface area contributed by atoms with Crippen molar-refractivity contribution < 1.29 is 4.79 Å². The molecule has 1 aliphatic heterocycles. The summed E-state index contributed by atoms with van der Waals surface area (Å²) < 4.78 is 1.90. The summed E-state index contributed by atoms with van der Waals surface area (Å²) in [4.78, 5) is 23.4. The summed E-state index contributed by atoms with van der Waals surface area (Å²) in [6, 6.07) is 11.7. The van der Waals surface area contributed by atoms with Crippen LogP contribution in [0.2, 0.25) is 0 Å². The Bertz CT molecular complexity index is 1140. The molecule has 1 atom stereocenters. The van der Waals surface area contributed by atoms with Crippen molar-refractivity contribution in [1.82, 2.24) is 24.6 Å². The molecular weight excluding hydrogens is 402 g/mol. The number of amides is 1. The number of hydrogen-bond acceptors (Lipinski definition) is 6. The maximum Gasteiger partial charge on any atom is 0.253 e. The van der Waals surface area contributed by atoms with Gasteiger partial charge in [-0.15, -0.1) is 0 Å². The van der Waals surface area contributed by atoms with Crippen molar-refractivity contribution in [3.8, 4) is 17.3 Å². The van der Waals surface area contributed by atoms with E-state index < -0.39 is 0 Å². The van der Waals surface area contributed by atoms with Crippen LogP contribution in [0.4, 0.5) is 11.6 Å². The van der Waals surface area contributed by atoms with E-state index in [1.54, 1.807) is 12.4 Å². The Kier molecular flexibility index (Phi) is 5.55. The van der Waals surface area contributed by atoms with Crippen molar-refractivity contribution >= 4 is 17.5 Å². The molecule has 0 spiro atoms. The second-order valence-electron chi connectivity index (χ2n) is 8.44. The van der Waals surface area contributed by atoms with Crippen LogP contribution in [-0.4, -0.2) is 43.6 Å². The first-order chi connectivity index (χ1) is 15.7. The van der Waals surface area contributed by atoms with E-state index in [0.29, 0.717) is 23.9 Å². The molecule has 8 heteroatoms. The van der Waals surface area contributed by atoms with Gasteiger partial charge in [-0.2, -0.15) is 10.4 Å². The Morgan fingerprint density at radius 1 is 1.19 bits per heavy atom. The average Bonchev–Trinajstić information content (AvgIpc) is 3.29. The number of nitriles is 1. The molecule has 8 nitrogen and oxygen atoms in total. The highest BCUT2D eigenvalue weighted by Gasteiger charge is 2.33. The first-order valence-electron chi connectivity index (χ1n) is 11.1. The van der Waals surface area contributed by atoms with Gasteiger partial charge in [-0.25, -0.2) is 9.97 Å². The zero-order chi connectivity index (χ0) is 21.9. The maximum atomic E-state index is 12.5.